The number of fused-ring (bicyclic) bond motifs is 1. The number of aromatic nitrogens is 2. The minimum atomic E-state index is 0.639. The molecule has 0 radical (unpaired) electrons. The monoisotopic (exact) mass is 322 g/mol. The van der Waals surface area contributed by atoms with Crippen LogP contribution in [0, 0.1) is 6.92 Å². The maximum absolute atomic E-state index is 5.48. The normalized spacial score (nSPS) is 16.7. The summed E-state index contributed by atoms with van der Waals surface area (Å²) in [7, 11) is 0. The van der Waals surface area contributed by atoms with Crippen molar-refractivity contribution in [2.24, 2.45) is 0 Å². The third-order valence-corrected chi connectivity index (χ3v) is 4.67. The summed E-state index contributed by atoms with van der Waals surface area (Å²) in [5.41, 5.74) is 1.41. The fraction of sp³-hybridized carbons (Fsp3) is 0.368. The maximum atomic E-state index is 5.48. The lowest BCUT2D eigenvalue weighted by atomic mass is 10.0. The largest absolute Gasteiger partial charge is 0.424 e. The van der Waals surface area contributed by atoms with Gasteiger partial charge in [-0.25, -0.2) is 0 Å². The molecule has 3 aromatic rings. The fourth-order valence-electron chi connectivity index (χ4n) is 3.37. The SMILES string of the molecule is Cc1nnc(CN2CCN(Cc3cccc4ccccc34)CC2)o1. The molecule has 0 spiro atoms. The molecular weight excluding hydrogens is 300 g/mol. The van der Waals surface area contributed by atoms with Crippen LogP contribution in [0.3, 0.4) is 0 Å². The Morgan fingerprint density at radius 2 is 1.58 bits per heavy atom. The Bertz CT molecular complexity index is 816. The number of rotatable bonds is 4. The topological polar surface area (TPSA) is 45.4 Å². The molecule has 0 saturated carbocycles. The lowest BCUT2D eigenvalue weighted by Gasteiger charge is -2.34. The van der Waals surface area contributed by atoms with E-state index < -0.39 is 0 Å². The van der Waals surface area contributed by atoms with Crippen LogP contribution in [0.15, 0.2) is 46.9 Å². The summed E-state index contributed by atoms with van der Waals surface area (Å²) in [6.07, 6.45) is 0. The minimum absolute atomic E-state index is 0.639. The fourth-order valence-corrected chi connectivity index (χ4v) is 3.37. The van der Waals surface area contributed by atoms with Gasteiger partial charge in [0.1, 0.15) is 0 Å². The molecule has 5 heteroatoms. The average molecular weight is 322 g/mol. The van der Waals surface area contributed by atoms with E-state index in [-0.39, 0.29) is 0 Å². The van der Waals surface area contributed by atoms with E-state index in [1.54, 1.807) is 0 Å². The van der Waals surface area contributed by atoms with E-state index in [0.29, 0.717) is 5.89 Å². The summed E-state index contributed by atoms with van der Waals surface area (Å²) in [6, 6.07) is 15.2. The van der Waals surface area contributed by atoms with E-state index in [1.807, 2.05) is 6.92 Å². The molecule has 2 heterocycles. The van der Waals surface area contributed by atoms with Crippen LogP contribution in [0.5, 0.6) is 0 Å². The number of hydrogen-bond donors (Lipinski definition) is 0. The molecule has 124 valence electrons. The lowest BCUT2D eigenvalue weighted by molar-refractivity contribution is 0.114. The zero-order chi connectivity index (χ0) is 16.4. The molecule has 1 aliphatic heterocycles. The molecule has 1 aliphatic rings. The van der Waals surface area contributed by atoms with Crippen LogP contribution in [0.2, 0.25) is 0 Å². The summed E-state index contributed by atoms with van der Waals surface area (Å²) >= 11 is 0. The number of benzene rings is 2. The standard InChI is InChI=1S/C19H22N4O/c1-15-20-21-19(24-15)14-23-11-9-22(10-12-23)13-17-7-4-6-16-5-2-3-8-18(16)17/h2-8H,9-14H2,1H3. The molecule has 0 unspecified atom stereocenters. The van der Waals surface area contributed by atoms with Gasteiger partial charge in [0.2, 0.25) is 11.8 Å². The molecule has 5 nitrogen and oxygen atoms in total. The van der Waals surface area contributed by atoms with Crippen molar-refractivity contribution in [2.45, 2.75) is 20.0 Å². The van der Waals surface area contributed by atoms with Gasteiger partial charge in [-0.1, -0.05) is 42.5 Å². The van der Waals surface area contributed by atoms with E-state index in [4.69, 9.17) is 4.42 Å². The second-order valence-corrected chi connectivity index (χ2v) is 6.41. The molecule has 1 aromatic heterocycles. The van der Waals surface area contributed by atoms with Gasteiger partial charge >= 0.3 is 0 Å². The van der Waals surface area contributed by atoms with Crippen LogP contribution >= 0.6 is 0 Å². The second-order valence-electron chi connectivity index (χ2n) is 6.41. The average Bonchev–Trinajstić information content (AvgIpc) is 3.02. The Morgan fingerprint density at radius 3 is 2.33 bits per heavy atom. The highest BCUT2D eigenvalue weighted by Crippen LogP contribution is 2.20. The number of nitrogens with zero attached hydrogens (tertiary/aromatic N) is 4. The Labute approximate surface area is 141 Å². The Hall–Kier alpha value is -2.24. The highest BCUT2D eigenvalue weighted by molar-refractivity contribution is 5.85. The van der Waals surface area contributed by atoms with E-state index in [1.165, 1.54) is 16.3 Å². The first-order valence-electron chi connectivity index (χ1n) is 8.48. The maximum Gasteiger partial charge on any atom is 0.230 e. The van der Waals surface area contributed by atoms with Gasteiger partial charge in [0.25, 0.3) is 0 Å². The van der Waals surface area contributed by atoms with E-state index in [2.05, 4.69) is 62.5 Å². The first kappa shape index (κ1) is 15.3. The lowest BCUT2D eigenvalue weighted by Crippen LogP contribution is -2.45. The van der Waals surface area contributed by atoms with Gasteiger partial charge in [-0.2, -0.15) is 0 Å². The summed E-state index contributed by atoms with van der Waals surface area (Å²) in [5, 5.41) is 10.7. The van der Waals surface area contributed by atoms with Gasteiger partial charge in [0.05, 0.1) is 6.54 Å². The molecule has 0 aliphatic carbocycles. The van der Waals surface area contributed by atoms with Gasteiger partial charge in [-0.15, -0.1) is 10.2 Å². The first-order valence-corrected chi connectivity index (χ1v) is 8.48. The predicted octanol–water partition coefficient (Wildman–Crippen LogP) is 2.85. The molecule has 0 atom stereocenters. The Balaban J connectivity index is 1.37. The van der Waals surface area contributed by atoms with Crippen LogP contribution < -0.4 is 0 Å². The van der Waals surface area contributed by atoms with Crippen LogP contribution in [0.1, 0.15) is 17.3 Å². The Morgan fingerprint density at radius 1 is 0.875 bits per heavy atom. The third-order valence-electron chi connectivity index (χ3n) is 4.67. The zero-order valence-electron chi connectivity index (χ0n) is 14.0. The summed E-state index contributed by atoms with van der Waals surface area (Å²) < 4.78 is 5.48. The van der Waals surface area contributed by atoms with Gasteiger partial charge in [0, 0.05) is 39.6 Å². The van der Waals surface area contributed by atoms with Crippen molar-refractivity contribution in [3.8, 4) is 0 Å². The number of piperazine rings is 1. The van der Waals surface area contributed by atoms with E-state index in [9.17, 15) is 0 Å². The van der Waals surface area contributed by atoms with Crippen LogP contribution in [-0.2, 0) is 13.1 Å². The van der Waals surface area contributed by atoms with Crippen molar-refractivity contribution < 1.29 is 4.42 Å². The summed E-state index contributed by atoms with van der Waals surface area (Å²) in [5.74, 6) is 1.36. The highest BCUT2D eigenvalue weighted by atomic mass is 16.4. The van der Waals surface area contributed by atoms with Crippen molar-refractivity contribution >= 4 is 10.8 Å². The summed E-state index contributed by atoms with van der Waals surface area (Å²) in [4.78, 5) is 4.91. The molecule has 0 N–H and O–H groups in total. The van der Waals surface area contributed by atoms with Crippen molar-refractivity contribution in [2.75, 3.05) is 26.2 Å². The van der Waals surface area contributed by atoms with Gasteiger partial charge in [-0.05, 0) is 16.3 Å². The van der Waals surface area contributed by atoms with Gasteiger partial charge in [0.15, 0.2) is 0 Å². The summed E-state index contributed by atoms with van der Waals surface area (Å²) in [6.45, 7) is 7.79. The quantitative estimate of drug-likeness (QED) is 0.739. The Kier molecular flexibility index (Phi) is 4.28. The van der Waals surface area contributed by atoms with Crippen LogP contribution in [-0.4, -0.2) is 46.2 Å². The molecular formula is C19H22N4O. The predicted molar refractivity (Wildman–Crippen MR) is 93.5 cm³/mol. The minimum Gasteiger partial charge on any atom is -0.424 e. The van der Waals surface area contributed by atoms with Crippen LogP contribution in [0.4, 0.5) is 0 Å². The molecule has 0 amide bonds. The molecule has 24 heavy (non-hydrogen) atoms. The molecule has 0 bridgehead atoms. The number of aryl methyl sites for hydroxylation is 1. The number of hydrogen-bond acceptors (Lipinski definition) is 5. The molecule has 1 fully saturated rings. The third kappa shape index (κ3) is 3.32. The molecule has 2 aromatic carbocycles. The molecule has 1 saturated heterocycles. The smallest absolute Gasteiger partial charge is 0.230 e. The zero-order valence-corrected chi connectivity index (χ0v) is 14.0. The highest BCUT2D eigenvalue weighted by Gasteiger charge is 2.19. The first-order chi connectivity index (χ1) is 11.8. The van der Waals surface area contributed by atoms with Crippen molar-refractivity contribution in [1.29, 1.82) is 0 Å². The van der Waals surface area contributed by atoms with Crippen LogP contribution in [0.25, 0.3) is 10.8 Å². The van der Waals surface area contributed by atoms with Crippen molar-refractivity contribution in [1.82, 2.24) is 20.0 Å². The molecule has 4 rings (SSSR count). The van der Waals surface area contributed by atoms with Gasteiger partial charge < -0.3 is 4.42 Å². The van der Waals surface area contributed by atoms with E-state index >= 15 is 0 Å². The van der Waals surface area contributed by atoms with Crippen molar-refractivity contribution in [3.63, 3.8) is 0 Å². The van der Waals surface area contributed by atoms with E-state index in [0.717, 1.165) is 45.2 Å². The van der Waals surface area contributed by atoms with Gasteiger partial charge in [-0.3, -0.25) is 9.80 Å². The van der Waals surface area contributed by atoms with Crippen molar-refractivity contribution in [3.05, 3.63) is 59.8 Å². The second kappa shape index (κ2) is 6.71.